The lowest BCUT2D eigenvalue weighted by Crippen LogP contribution is -2.51. The van der Waals surface area contributed by atoms with Gasteiger partial charge in [0.05, 0.1) is 5.84 Å². The van der Waals surface area contributed by atoms with E-state index >= 15 is 0 Å². The standard InChI is InChI=1S/C15H30N2.C3H8/c1-9-10(2)12(4)14(11(9)3)15(6,7)17-13(5)16-8;1-3-2/h9-12,14H,1-8H3,(H,16,17);3H2,1-2H3. The van der Waals surface area contributed by atoms with Crippen molar-refractivity contribution in [3.8, 4) is 0 Å². The first-order valence-corrected chi connectivity index (χ1v) is 8.35. The Bertz CT molecular complexity index is 293. The van der Waals surface area contributed by atoms with E-state index in [9.17, 15) is 0 Å². The highest BCUT2D eigenvalue weighted by molar-refractivity contribution is 5.80. The fraction of sp³-hybridized carbons (Fsp3) is 0.944. The van der Waals surface area contributed by atoms with Gasteiger partial charge in [0, 0.05) is 12.6 Å². The highest BCUT2D eigenvalue weighted by atomic mass is 15.0. The van der Waals surface area contributed by atoms with E-state index in [2.05, 4.69) is 72.6 Å². The molecule has 0 aromatic rings. The SMILES string of the molecule is CCC.CN=C(C)NC(C)(C)C1C(C)C(C)C(C)C1C. The zero-order valence-electron chi connectivity index (χ0n) is 15.5. The van der Waals surface area contributed by atoms with Crippen LogP contribution in [0.3, 0.4) is 0 Å². The molecule has 1 aliphatic rings. The maximum absolute atomic E-state index is 4.24. The molecule has 0 heterocycles. The van der Waals surface area contributed by atoms with Gasteiger partial charge in [-0.1, -0.05) is 48.0 Å². The van der Waals surface area contributed by atoms with Crippen LogP contribution in [0.15, 0.2) is 4.99 Å². The van der Waals surface area contributed by atoms with E-state index in [4.69, 9.17) is 0 Å². The zero-order valence-corrected chi connectivity index (χ0v) is 15.5. The molecule has 20 heavy (non-hydrogen) atoms. The molecule has 4 unspecified atom stereocenters. The van der Waals surface area contributed by atoms with Gasteiger partial charge in [0.15, 0.2) is 0 Å². The van der Waals surface area contributed by atoms with Crippen LogP contribution in [0.1, 0.15) is 68.7 Å². The number of hydrogen-bond acceptors (Lipinski definition) is 1. The Morgan fingerprint density at radius 1 is 0.950 bits per heavy atom. The molecule has 1 aliphatic carbocycles. The van der Waals surface area contributed by atoms with Gasteiger partial charge in [-0.2, -0.15) is 0 Å². The van der Waals surface area contributed by atoms with E-state index in [1.165, 1.54) is 6.42 Å². The number of nitrogens with zero attached hydrogens (tertiary/aromatic N) is 1. The van der Waals surface area contributed by atoms with Gasteiger partial charge in [-0.15, -0.1) is 0 Å². The first kappa shape index (κ1) is 19.5. The fourth-order valence-electron chi connectivity index (χ4n) is 4.01. The molecule has 2 nitrogen and oxygen atoms in total. The van der Waals surface area contributed by atoms with Crippen LogP contribution in [0.2, 0.25) is 0 Å². The summed E-state index contributed by atoms with van der Waals surface area (Å²) in [4.78, 5) is 4.24. The minimum atomic E-state index is 0.126. The Hall–Kier alpha value is -0.530. The van der Waals surface area contributed by atoms with Gasteiger partial charge < -0.3 is 5.32 Å². The quantitative estimate of drug-likeness (QED) is 0.560. The summed E-state index contributed by atoms with van der Waals surface area (Å²) in [7, 11) is 1.85. The second-order valence-corrected chi connectivity index (χ2v) is 7.33. The maximum Gasteiger partial charge on any atom is 0.0932 e. The van der Waals surface area contributed by atoms with Crippen LogP contribution >= 0.6 is 0 Å². The number of nitrogens with one attached hydrogen (secondary N) is 1. The molecule has 0 aromatic heterocycles. The normalized spacial score (nSPS) is 34.5. The topological polar surface area (TPSA) is 24.4 Å². The summed E-state index contributed by atoms with van der Waals surface area (Å²) in [6, 6.07) is 0. The second kappa shape index (κ2) is 8.05. The average molecular weight is 283 g/mol. The summed E-state index contributed by atoms with van der Waals surface area (Å²) in [6.07, 6.45) is 1.25. The molecule has 0 spiro atoms. The summed E-state index contributed by atoms with van der Waals surface area (Å²) in [5, 5.41) is 3.60. The van der Waals surface area contributed by atoms with Crippen molar-refractivity contribution in [2.24, 2.45) is 34.6 Å². The molecule has 1 saturated carbocycles. The van der Waals surface area contributed by atoms with Gasteiger partial charge in [-0.05, 0) is 50.4 Å². The number of rotatable bonds is 2. The molecule has 1 fully saturated rings. The predicted molar refractivity (Wildman–Crippen MR) is 92.4 cm³/mol. The van der Waals surface area contributed by atoms with Gasteiger partial charge in [-0.3, -0.25) is 4.99 Å². The Morgan fingerprint density at radius 2 is 1.30 bits per heavy atom. The Labute approximate surface area is 127 Å². The molecule has 0 bridgehead atoms. The number of aliphatic imine (C=N–C) groups is 1. The predicted octanol–water partition coefficient (Wildman–Crippen LogP) is 4.99. The monoisotopic (exact) mass is 282 g/mol. The minimum Gasteiger partial charge on any atom is -0.369 e. The third-order valence-electron chi connectivity index (χ3n) is 5.29. The van der Waals surface area contributed by atoms with Crippen molar-refractivity contribution in [3.05, 3.63) is 0 Å². The summed E-state index contributed by atoms with van der Waals surface area (Å²) >= 11 is 0. The van der Waals surface area contributed by atoms with E-state index in [0.717, 1.165) is 29.5 Å². The summed E-state index contributed by atoms with van der Waals surface area (Å²) in [5.41, 5.74) is 0.126. The van der Waals surface area contributed by atoms with Crippen molar-refractivity contribution < 1.29 is 0 Å². The molecule has 1 N–H and O–H groups in total. The Morgan fingerprint density at radius 3 is 1.60 bits per heavy atom. The van der Waals surface area contributed by atoms with Crippen molar-refractivity contribution in [2.75, 3.05) is 7.05 Å². The molecule has 0 aromatic carbocycles. The van der Waals surface area contributed by atoms with Crippen LogP contribution in [0.4, 0.5) is 0 Å². The summed E-state index contributed by atoms with van der Waals surface area (Å²) < 4.78 is 0. The van der Waals surface area contributed by atoms with E-state index < -0.39 is 0 Å². The summed E-state index contributed by atoms with van der Waals surface area (Å²) in [6.45, 7) is 20.6. The van der Waals surface area contributed by atoms with Crippen molar-refractivity contribution in [2.45, 2.75) is 74.3 Å². The molecule has 0 amide bonds. The molecular weight excluding hydrogens is 244 g/mol. The third kappa shape index (κ3) is 4.49. The highest BCUT2D eigenvalue weighted by Gasteiger charge is 2.48. The van der Waals surface area contributed by atoms with Crippen LogP contribution in [0.5, 0.6) is 0 Å². The molecular formula is C18H38N2. The van der Waals surface area contributed by atoms with Crippen molar-refractivity contribution >= 4 is 5.84 Å². The van der Waals surface area contributed by atoms with Crippen LogP contribution in [0.25, 0.3) is 0 Å². The largest absolute Gasteiger partial charge is 0.369 e. The molecule has 2 heteroatoms. The minimum absolute atomic E-state index is 0.126. The van der Waals surface area contributed by atoms with Gasteiger partial charge in [-0.25, -0.2) is 0 Å². The maximum atomic E-state index is 4.24. The Balaban J connectivity index is 0.00000110. The summed E-state index contributed by atoms with van der Waals surface area (Å²) in [5.74, 6) is 4.93. The highest BCUT2D eigenvalue weighted by Crippen LogP contribution is 2.49. The first-order valence-electron chi connectivity index (χ1n) is 8.35. The van der Waals surface area contributed by atoms with E-state index in [0.29, 0.717) is 5.92 Å². The Kier molecular flexibility index (Phi) is 7.83. The molecule has 1 rings (SSSR count). The van der Waals surface area contributed by atoms with Crippen molar-refractivity contribution in [1.29, 1.82) is 0 Å². The first-order chi connectivity index (χ1) is 9.13. The second-order valence-electron chi connectivity index (χ2n) is 7.33. The average Bonchev–Trinajstić information content (AvgIpc) is 2.54. The smallest absolute Gasteiger partial charge is 0.0932 e. The zero-order chi connectivity index (χ0) is 16.1. The van der Waals surface area contributed by atoms with Crippen LogP contribution in [-0.4, -0.2) is 18.4 Å². The third-order valence-corrected chi connectivity index (χ3v) is 5.29. The molecule has 120 valence electrons. The number of hydrogen-bond donors (Lipinski definition) is 1. The molecule has 4 atom stereocenters. The van der Waals surface area contributed by atoms with Crippen LogP contribution in [-0.2, 0) is 0 Å². The van der Waals surface area contributed by atoms with E-state index in [1.807, 2.05) is 7.05 Å². The molecule has 0 radical (unpaired) electrons. The van der Waals surface area contributed by atoms with Crippen molar-refractivity contribution in [1.82, 2.24) is 5.32 Å². The fourth-order valence-corrected chi connectivity index (χ4v) is 4.01. The molecule has 0 saturated heterocycles. The lowest BCUT2D eigenvalue weighted by atomic mass is 9.75. The lowest BCUT2D eigenvalue weighted by molar-refractivity contribution is 0.181. The van der Waals surface area contributed by atoms with Crippen LogP contribution < -0.4 is 5.32 Å². The van der Waals surface area contributed by atoms with E-state index in [-0.39, 0.29) is 5.54 Å². The van der Waals surface area contributed by atoms with Gasteiger partial charge in [0.25, 0.3) is 0 Å². The number of amidine groups is 1. The van der Waals surface area contributed by atoms with Gasteiger partial charge >= 0.3 is 0 Å². The van der Waals surface area contributed by atoms with E-state index in [1.54, 1.807) is 0 Å². The van der Waals surface area contributed by atoms with Gasteiger partial charge in [0.2, 0.25) is 0 Å². The molecule has 0 aliphatic heterocycles. The van der Waals surface area contributed by atoms with Crippen molar-refractivity contribution in [3.63, 3.8) is 0 Å². The lowest BCUT2D eigenvalue weighted by Gasteiger charge is -2.39. The van der Waals surface area contributed by atoms with Crippen LogP contribution in [0, 0.1) is 29.6 Å². The van der Waals surface area contributed by atoms with Gasteiger partial charge in [0.1, 0.15) is 0 Å².